The predicted molar refractivity (Wildman–Crippen MR) is 123 cm³/mol. The van der Waals surface area contributed by atoms with Crippen LogP contribution in [-0.2, 0) is 13.0 Å². The number of aryl methyl sites for hydroxylation is 1. The number of hydrogen-bond acceptors (Lipinski definition) is 2. The van der Waals surface area contributed by atoms with Crippen LogP contribution in [0.2, 0.25) is 0 Å². The lowest BCUT2D eigenvalue weighted by Gasteiger charge is -2.14. The third-order valence-electron chi connectivity index (χ3n) is 4.53. The first kappa shape index (κ1) is 22.0. The SMILES string of the molecule is CN=C(NCCc1c[nH]c2ccc(F)cc12)NCc1ccc(C)cc1OC.I. The summed E-state index contributed by atoms with van der Waals surface area (Å²) in [5, 5.41) is 7.51. The molecule has 5 nitrogen and oxygen atoms in total. The number of hydrogen-bond donors (Lipinski definition) is 3. The van der Waals surface area contributed by atoms with Crippen LogP contribution in [0.25, 0.3) is 10.9 Å². The molecule has 0 radical (unpaired) electrons. The standard InChI is InChI=1S/C21H25FN4O.HI/c1-14-4-5-16(20(10-14)27-3)13-26-21(23-2)24-9-8-15-12-25-19-7-6-17(22)11-18(15)19;/h4-7,10-12,25H,8-9,13H2,1-3H3,(H2,23,24,26);1H. The molecule has 0 bridgehead atoms. The average Bonchev–Trinajstić information content (AvgIpc) is 3.07. The first-order valence-corrected chi connectivity index (χ1v) is 8.94. The van der Waals surface area contributed by atoms with Crippen molar-refractivity contribution in [1.29, 1.82) is 0 Å². The normalized spacial score (nSPS) is 11.2. The maximum absolute atomic E-state index is 13.5. The number of methoxy groups -OCH3 is 1. The molecule has 0 unspecified atom stereocenters. The number of ether oxygens (including phenoxy) is 1. The number of rotatable bonds is 6. The van der Waals surface area contributed by atoms with Gasteiger partial charge < -0.3 is 20.4 Å². The Hall–Kier alpha value is -2.29. The van der Waals surface area contributed by atoms with Gasteiger partial charge in [0.15, 0.2) is 5.96 Å². The minimum Gasteiger partial charge on any atom is -0.496 e. The zero-order valence-corrected chi connectivity index (χ0v) is 18.6. The molecule has 1 heterocycles. The van der Waals surface area contributed by atoms with E-state index in [4.69, 9.17) is 4.74 Å². The Balaban J connectivity index is 0.00000280. The van der Waals surface area contributed by atoms with Crippen molar-refractivity contribution in [3.05, 3.63) is 65.1 Å². The minimum absolute atomic E-state index is 0. The van der Waals surface area contributed by atoms with Gasteiger partial charge in [0, 0.05) is 42.8 Å². The Morgan fingerprint density at radius 2 is 1.96 bits per heavy atom. The van der Waals surface area contributed by atoms with Gasteiger partial charge in [-0.15, -0.1) is 24.0 Å². The molecular formula is C21H26FIN4O. The Bertz CT molecular complexity index is 955. The molecule has 150 valence electrons. The molecule has 3 aromatic rings. The number of benzene rings is 2. The van der Waals surface area contributed by atoms with Gasteiger partial charge in [0.2, 0.25) is 0 Å². The van der Waals surface area contributed by atoms with Crippen LogP contribution in [0.1, 0.15) is 16.7 Å². The zero-order valence-electron chi connectivity index (χ0n) is 16.3. The number of nitrogens with zero attached hydrogens (tertiary/aromatic N) is 1. The summed E-state index contributed by atoms with van der Waals surface area (Å²) >= 11 is 0. The van der Waals surface area contributed by atoms with Gasteiger partial charge in [-0.05, 0) is 48.7 Å². The second-order valence-corrected chi connectivity index (χ2v) is 6.42. The fraction of sp³-hybridized carbons (Fsp3) is 0.286. The van der Waals surface area contributed by atoms with Gasteiger partial charge in [-0.3, -0.25) is 4.99 Å². The molecule has 1 aromatic heterocycles. The number of aromatic amines is 1. The summed E-state index contributed by atoms with van der Waals surface area (Å²) in [5.74, 6) is 1.35. The predicted octanol–water partition coefficient (Wildman–Crippen LogP) is 4.15. The number of guanidine groups is 1. The molecule has 7 heteroatoms. The third kappa shape index (κ3) is 5.37. The van der Waals surface area contributed by atoms with E-state index < -0.39 is 0 Å². The van der Waals surface area contributed by atoms with Gasteiger partial charge >= 0.3 is 0 Å². The van der Waals surface area contributed by atoms with Gasteiger partial charge in [0.25, 0.3) is 0 Å². The van der Waals surface area contributed by atoms with E-state index in [0.717, 1.165) is 39.8 Å². The van der Waals surface area contributed by atoms with Crippen LogP contribution < -0.4 is 15.4 Å². The Morgan fingerprint density at radius 1 is 1.14 bits per heavy atom. The molecule has 28 heavy (non-hydrogen) atoms. The van der Waals surface area contributed by atoms with E-state index in [0.29, 0.717) is 19.0 Å². The van der Waals surface area contributed by atoms with Crippen molar-refractivity contribution in [3.8, 4) is 5.75 Å². The lowest BCUT2D eigenvalue weighted by molar-refractivity contribution is 0.408. The molecule has 0 saturated carbocycles. The smallest absolute Gasteiger partial charge is 0.191 e. The van der Waals surface area contributed by atoms with Crippen molar-refractivity contribution in [2.75, 3.05) is 20.7 Å². The summed E-state index contributed by atoms with van der Waals surface area (Å²) in [6.45, 7) is 3.34. The van der Waals surface area contributed by atoms with Crippen molar-refractivity contribution in [1.82, 2.24) is 15.6 Å². The molecule has 2 aromatic carbocycles. The number of fused-ring (bicyclic) bond motifs is 1. The number of halogens is 2. The molecule has 0 amide bonds. The van der Waals surface area contributed by atoms with Crippen LogP contribution in [0.4, 0.5) is 4.39 Å². The lowest BCUT2D eigenvalue weighted by atomic mass is 10.1. The maximum Gasteiger partial charge on any atom is 0.191 e. The molecule has 0 atom stereocenters. The fourth-order valence-electron chi connectivity index (χ4n) is 3.07. The molecule has 0 aliphatic rings. The summed E-state index contributed by atoms with van der Waals surface area (Å²) in [4.78, 5) is 7.43. The van der Waals surface area contributed by atoms with Gasteiger partial charge in [0.05, 0.1) is 7.11 Å². The van der Waals surface area contributed by atoms with Crippen LogP contribution in [0.5, 0.6) is 5.75 Å². The summed E-state index contributed by atoms with van der Waals surface area (Å²) in [7, 11) is 3.41. The molecule has 0 spiro atoms. The highest BCUT2D eigenvalue weighted by molar-refractivity contribution is 14.0. The topological polar surface area (TPSA) is 61.4 Å². The van der Waals surface area contributed by atoms with Crippen LogP contribution in [0.15, 0.2) is 47.6 Å². The van der Waals surface area contributed by atoms with Crippen LogP contribution in [-0.4, -0.2) is 31.6 Å². The largest absolute Gasteiger partial charge is 0.496 e. The maximum atomic E-state index is 13.5. The summed E-state index contributed by atoms with van der Waals surface area (Å²) in [6, 6.07) is 10.9. The van der Waals surface area contributed by atoms with Crippen LogP contribution >= 0.6 is 24.0 Å². The minimum atomic E-state index is -0.221. The van der Waals surface area contributed by atoms with Gasteiger partial charge in [-0.25, -0.2) is 4.39 Å². The molecular weight excluding hydrogens is 470 g/mol. The van der Waals surface area contributed by atoms with E-state index in [1.54, 1.807) is 26.3 Å². The Kier molecular flexibility index (Phi) is 8.10. The zero-order chi connectivity index (χ0) is 19.2. The molecule has 3 N–H and O–H groups in total. The van der Waals surface area contributed by atoms with E-state index in [1.165, 1.54) is 6.07 Å². The summed E-state index contributed by atoms with van der Waals surface area (Å²) < 4.78 is 18.9. The van der Waals surface area contributed by atoms with Gasteiger partial charge in [-0.1, -0.05) is 12.1 Å². The Labute approximate surface area is 181 Å². The quantitative estimate of drug-likeness (QED) is 0.273. The molecule has 3 rings (SSSR count). The first-order chi connectivity index (χ1) is 13.1. The average molecular weight is 496 g/mol. The van der Waals surface area contributed by atoms with E-state index in [9.17, 15) is 4.39 Å². The molecule has 0 saturated heterocycles. The highest BCUT2D eigenvalue weighted by Gasteiger charge is 2.07. The van der Waals surface area contributed by atoms with E-state index in [-0.39, 0.29) is 29.8 Å². The molecule has 0 aliphatic heterocycles. The second kappa shape index (κ2) is 10.3. The van der Waals surface area contributed by atoms with E-state index >= 15 is 0 Å². The second-order valence-electron chi connectivity index (χ2n) is 6.42. The van der Waals surface area contributed by atoms with Crippen molar-refractivity contribution >= 4 is 40.8 Å². The van der Waals surface area contributed by atoms with Crippen LogP contribution in [0.3, 0.4) is 0 Å². The van der Waals surface area contributed by atoms with Crippen molar-refractivity contribution < 1.29 is 9.13 Å². The molecule has 0 aliphatic carbocycles. The lowest BCUT2D eigenvalue weighted by Crippen LogP contribution is -2.37. The number of aromatic nitrogens is 1. The van der Waals surface area contributed by atoms with Crippen molar-refractivity contribution in [2.45, 2.75) is 19.9 Å². The highest BCUT2D eigenvalue weighted by Crippen LogP contribution is 2.20. The van der Waals surface area contributed by atoms with E-state index in [2.05, 4.69) is 32.7 Å². The van der Waals surface area contributed by atoms with Crippen molar-refractivity contribution in [3.63, 3.8) is 0 Å². The van der Waals surface area contributed by atoms with Gasteiger partial charge in [-0.2, -0.15) is 0 Å². The third-order valence-corrected chi connectivity index (χ3v) is 4.53. The van der Waals surface area contributed by atoms with Crippen LogP contribution in [0, 0.1) is 12.7 Å². The number of H-pyrrole nitrogens is 1. The number of aliphatic imine (C=N–C) groups is 1. The number of nitrogens with one attached hydrogen (secondary N) is 3. The first-order valence-electron chi connectivity index (χ1n) is 8.94. The van der Waals surface area contributed by atoms with Gasteiger partial charge in [0.1, 0.15) is 11.6 Å². The summed E-state index contributed by atoms with van der Waals surface area (Å²) in [5.41, 5.74) is 4.25. The van der Waals surface area contributed by atoms with E-state index in [1.807, 2.05) is 19.2 Å². The Morgan fingerprint density at radius 3 is 2.71 bits per heavy atom. The summed E-state index contributed by atoms with van der Waals surface area (Å²) in [6.07, 6.45) is 2.69. The van der Waals surface area contributed by atoms with Crippen molar-refractivity contribution in [2.24, 2.45) is 4.99 Å². The molecule has 0 fully saturated rings. The monoisotopic (exact) mass is 496 g/mol. The fourth-order valence-corrected chi connectivity index (χ4v) is 3.07. The highest BCUT2D eigenvalue weighted by atomic mass is 127.